The van der Waals surface area contributed by atoms with Gasteiger partial charge in [-0.25, -0.2) is 4.68 Å². The number of benzene rings is 2. The fourth-order valence-corrected chi connectivity index (χ4v) is 2.92. The number of carbonyl (C=O) groups is 1. The molecule has 1 heterocycles. The molecule has 2 aromatic carbocycles. The van der Waals surface area contributed by atoms with E-state index in [2.05, 4.69) is 5.32 Å². The van der Waals surface area contributed by atoms with Gasteiger partial charge in [0.15, 0.2) is 12.4 Å². The van der Waals surface area contributed by atoms with Crippen LogP contribution in [-0.2, 0) is 11.8 Å². The molecule has 3 aromatic rings. The van der Waals surface area contributed by atoms with E-state index in [4.69, 9.17) is 4.74 Å². The second-order valence-corrected chi connectivity index (χ2v) is 6.50. The van der Waals surface area contributed by atoms with E-state index in [0.717, 1.165) is 0 Å². The number of ether oxygens (including phenoxy) is 1. The molecule has 0 bridgehead atoms. The summed E-state index contributed by atoms with van der Waals surface area (Å²) >= 11 is 0. The number of rotatable bonds is 6. The number of nitrogens with one attached hydrogen (secondary N) is 1. The summed E-state index contributed by atoms with van der Waals surface area (Å²) < 4.78 is 8.40. The first-order valence-electron chi connectivity index (χ1n) is 8.81. The van der Waals surface area contributed by atoms with Crippen LogP contribution in [0.15, 0.2) is 53.3 Å². The maximum Gasteiger partial charge on any atom is 0.311 e. The Bertz CT molecular complexity index is 1130. The van der Waals surface area contributed by atoms with Gasteiger partial charge in [0, 0.05) is 13.1 Å². The second kappa shape index (κ2) is 8.01. The molecule has 29 heavy (non-hydrogen) atoms. The van der Waals surface area contributed by atoms with E-state index in [1.165, 1.54) is 16.8 Å². The molecule has 0 atom stereocenters. The van der Waals surface area contributed by atoms with Crippen molar-refractivity contribution < 1.29 is 14.5 Å². The summed E-state index contributed by atoms with van der Waals surface area (Å²) in [6.07, 6.45) is 0. The summed E-state index contributed by atoms with van der Waals surface area (Å²) in [6.45, 7) is 2.96. The van der Waals surface area contributed by atoms with Crippen LogP contribution in [0, 0.1) is 24.0 Å². The van der Waals surface area contributed by atoms with Gasteiger partial charge in [0.1, 0.15) is 5.69 Å². The average molecular weight is 396 g/mol. The van der Waals surface area contributed by atoms with Crippen LogP contribution in [0.1, 0.15) is 11.3 Å². The first-order valence-corrected chi connectivity index (χ1v) is 8.81. The van der Waals surface area contributed by atoms with Crippen LogP contribution >= 0.6 is 0 Å². The number of aromatic nitrogens is 2. The van der Waals surface area contributed by atoms with Crippen LogP contribution in [0.4, 0.5) is 11.4 Å². The highest BCUT2D eigenvalue weighted by Gasteiger charge is 2.20. The molecule has 0 saturated heterocycles. The predicted molar refractivity (Wildman–Crippen MR) is 108 cm³/mol. The van der Waals surface area contributed by atoms with Crippen LogP contribution < -0.4 is 15.6 Å². The minimum atomic E-state index is -0.592. The number of aryl methyl sites for hydroxylation is 1. The monoisotopic (exact) mass is 396 g/mol. The summed E-state index contributed by atoms with van der Waals surface area (Å²) in [4.78, 5) is 35.7. The number of hydrogen-bond donors (Lipinski definition) is 1. The van der Waals surface area contributed by atoms with Gasteiger partial charge in [-0.1, -0.05) is 24.3 Å². The van der Waals surface area contributed by atoms with Crippen LogP contribution in [0.3, 0.4) is 0 Å². The molecule has 0 aliphatic heterocycles. The number of para-hydroxylation sites is 1. The van der Waals surface area contributed by atoms with E-state index >= 15 is 0 Å². The fourth-order valence-electron chi connectivity index (χ4n) is 2.92. The van der Waals surface area contributed by atoms with Crippen molar-refractivity contribution in [2.45, 2.75) is 13.8 Å². The first-order chi connectivity index (χ1) is 13.8. The minimum Gasteiger partial charge on any atom is -0.477 e. The van der Waals surface area contributed by atoms with Crippen molar-refractivity contribution in [3.8, 4) is 11.4 Å². The van der Waals surface area contributed by atoms with Gasteiger partial charge in [-0.05, 0) is 37.6 Å². The Morgan fingerprint density at radius 3 is 2.52 bits per heavy atom. The Balaban J connectivity index is 1.79. The molecule has 9 nitrogen and oxygen atoms in total. The summed E-state index contributed by atoms with van der Waals surface area (Å²) in [7, 11) is 1.71. The number of carbonyl (C=O) groups excluding carboxylic acids is 1. The molecular formula is C20H20N4O5. The molecule has 150 valence electrons. The van der Waals surface area contributed by atoms with E-state index in [0.29, 0.717) is 16.9 Å². The van der Waals surface area contributed by atoms with Crippen LogP contribution in [0.5, 0.6) is 5.75 Å². The molecule has 0 aliphatic rings. The molecule has 1 aromatic heterocycles. The third-order valence-electron chi connectivity index (χ3n) is 4.49. The van der Waals surface area contributed by atoms with E-state index in [9.17, 15) is 19.7 Å². The van der Waals surface area contributed by atoms with Gasteiger partial charge in [-0.2, -0.15) is 0 Å². The van der Waals surface area contributed by atoms with Gasteiger partial charge < -0.3 is 10.1 Å². The largest absolute Gasteiger partial charge is 0.477 e. The van der Waals surface area contributed by atoms with Crippen molar-refractivity contribution >= 4 is 17.3 Å². The average Bonchev–Trinajstić information content (AvgIpc) is 2.90. The zero-order chi connectivity index (χ0) is 21.1. The maximum atomic E-state index is 12.8. The lowest BCUT2D eigenvalue weighted by molar-refractivity contribution is -0.385. The second-order valence-electron chi connectivity index (χ2n) is 6.50. The standard InChI is InChI=1S/C20H20N4O5/c1-13-9-10-17(16(11-13)24(27)28)29-12-18(25)21-19-14(2)22(3)23(20(19)26)15-7-5-4-6-8-15/h4-11H,12H2,1-3H3,(H,21,25). The zero-order valence-corrected chi connectivity index (χ0v) is 16.2. The molecule has 0 unspecified atom stereocenters. The normalized spacial score (nSPS) is 10.6. The highest BCUT2D eigenvalue weighted by Crippen LogP contribution is 2.27. The molecule has 3 rings (SSSR count). The third kappa shape index (κ3) is 4.03. The third-order valence-corrected chi connectivity index (χ3v) is 4.49. The van der Waals surface area contributed by atoms with Crippen molar-refractivity contribution in [1.29, 1.82) is 0 Å². The van der Waals surface area contributed by atoms with Crippen molar-refractivity contribution in [2.75, 3.05) is 11.9 Å². The Hall–Kier alpha value is -3.88. The molecule has 0 spiro atoms. The Morgan fingerprint density at radius 2 is 1.86 bits per heavy atom. The summed E-state index contributed by atoms with van der Waals surface area (Å²) in [5, 5.41) is 13.7. The first kappa shape index (κ1) is 19.9. The molecule has 9 heteroatoms. The molecule has 0 saturated carbocycles. The van der Waals surface area contributed by atoms with Crippen molar-refractivity contribution in [3.63, 3.8) is 0 Å². The van der Waals surface area contributed by atoms with Crippen LogP contribution in [-0.4, -0.2) is 26.8 Å². The maximum absolute atomic E-state index is 12.8. The highest BCUT2D eigenvalue weighted by molar-refractivity contribution is 5.92. The fraction of sp³-hybridized carbons (Fsp3) is 0.200. The molecule has 0 aliphatic carbocycles. The Morgan fingerprint density at radius 1 is 1.17 bits per heavy atom. The molecular weight excluding hydrogens is 376 g/mol. The topological polar surface area (TPSA) is 108 Å². The van der Waals surface area contributed by atoms with Crippen LogP contribution in [0.2, 0.25) is 0 Å². The SMILES string of the molecule is Cc1ccc(OCC(=O)Nc2c(C)n(C)n(-c3ccccc3)c2=O)c([N+](=O)[O-])c1. The molecule has 0 fully saturated rings. The van der Waals surface area contributed by atoms with Gasteiger partial charge in [-0.15, -0.1) is 0 Å². The van der Waals surface area contributed by atoms with Gasteiger partial charge in [0.25, 0.3) is 11.5 Å². The molecule has 0 radical (unpaired) electrons. The quantitative estimate of drug-likeness (QED) is 0.509. The van der Waals surface area contributed by atoms with Crippen LogP contribution in [0.25, 0.3) is 5.69 Å². The predicted octanol–water partition coefficient (Wildman–Crippen LogP) is 2.72. The van der Waals surface area contributed by atoms with Crippen molar-refractivity contribution in [2.24, 2.45) is 7.05 Å². The van der Waals surface area contributed by atoms with Gasteiger partial charge in [-0.3, -0.25) is 24.4 Å². The lowest BCUT2D eigenvalue weighted by Gasteiger charge is -2.08. The minimum absolute atomic E-state index is 0.0118. The summed E-state index contributed by atoms with van der Waals surface area (Å²) in [5.74, 6) is -0.604. The van der Waals surface area contributed by atoms with Crippen molar-refractivity contribution in [1.82, 2.24) is 9.36 Å². The smallest absolute Gasteiger partial charge is 0.311 e. The lowest BCUT2D eigenvalue weighted by atomic mass is 10.2. The van der Waals surface area contributed by atoms with Crippen molar-refractivity contribution in [3.05, 3.63) is 80.3 Å². The van der Waals surface area contributed by atoms with Gasteiger partial charge in [0.05, 0.1) is 16.3 Å². The number of nitro benzene ring substituents is 1. The number of amides is 1. The highest BCUT2D eigenvalue weighted by atomic mass is 16.6. The van der Waals surface area contributed by atoms with E-state index in [1.54, 1.807) is 43.8 Å². The molecule has 1 N–H and O–H groups in total. The van der Waals surface area contributed by atoms with E-state index in [-0.39, 0.29) is 22.7 Å². The Labute approximate surface area is 166 Å². The number of nitro groups is 1. The zero-order valence-electron chi connectivity index (χ0n) is 16.2. The van der Waals surface area contributed by atoms with Gasteiger partial charge in [0.2, 0.25) is 0 Å². The lowest BCUT2D eigenvalue weighted by Crippen LogP contribution is -2.25. The van der Waals surface area contributed by atoms with E-state index < -0.39 is 17.4 Å². The number of anilines is 1. The summed E-state index contributed by atoms with van der Waals surface area (Å²) in [6, 6.07) is 13.5. The number of hydrogen-bond acceptors (Lipinski definition) is 5. The Kier molecular flexibility index (Phi) is 5.49. The number of nitrogens with zero attached hydrogens (tertiary/aromatic N) is 3. The van der Waals surface area contributed by atoms with Gasteiger partial charge >= 0.3 is 5.69 Å². The summed E-state index contributed by atoms with van der Waals surface area (Å²) in [5.41, 5.74) is 1.45. The molecule has 1 amide bonds. The van der Waals surface area contributed by atoms with E-state index in [1.807, 2.05) is 18.2 Å².